The van der Waals surface area contributed by atoms with Gasteiger partial charge in [0.2, 0.25) is 0 Å². The smallest absolute Gasteiger partial charge is 0.148 e. The van der Waals surface area contributed by atoms with Gasteiger partial charge in [0.15, 0.2) is 0 Å². The van der Waals surface area contributed by atoms with E-state index < -0.39 is 0 Å². The zero-order valence-corrected chi connectivity index (χ0v) is 11.1. The first-order chi connectivity index (χ1) is 8.50. The van der Waals surface area contributed by atoms with Crippen LogP contribution >= 0.6 is 0 Å². The van der Waals surface area contributed by atoms with Gasteiger partial charge in [-0.3, -0.25) is 5.10 Å². The van der Waals surface area contributed by atoms with E-state index in [1.165, 1.54) is 6.33 Å². The summed E-state index contributed by atoms with van der Waals surface area (Å²) in [6, 6.07) is 0.230. The molecule has 0 aliphatic heterocycles. The number of nitrogens with zero attached hydrogens (tertiary/aromatic N) is 4. The molecule has 2 aromatic rings. The van der Waals surface area contributed by atoms with Crippen LogP contribution in [-0.4, -0.2) is 25.0 Å². The summed E-state index contributed by atoms with van der Waals surface area (Å²) in [4.78, 5) is 4.12. The van der Waals surface area contributed by atoms with Gasteiger partial charge in [-0.2, -0.15) is 10.2 Å². The van der Waals surface area contributed by atoms with Gasteiger partial charge in [-0.15, -0.1) is 0 Å². The fourth-order valence-electron chi connectivity index (χ4n) is 1.77. The first-order valence-electron chi connectivity index (χ1n) is 5.97. The van der Waals surface area contributed by atoms with Gasteiger partial charge in [0.25, 0.3) is 0 Å². The Morgan fingerprint density at radius 3 is 2.67 bits per heavy atom. The molecule has 18 heavy (non-hydrogen) atoms. The SMILES string of the molecule is Cc1nn(C(C)C)c(NC(C)c2ncn[nH]2)c1N. The molecule has 4 N–H and O–H groups in total. The van der Waals surface area contributed by atoms with Crippen molar-refractivity contribution >= 4 is 11.5 Å². The van der Waals surface area contributed by atoms with Crippen LogP contribution < -0.4 is 11.1 Å². The minimum Gasteiger partial charge on any atom is -0.394 e. The van der Waals surface area contributed by atoms with E-state index in [9.17, 15) is 0 Å². The van der Waals surface area contributed by atoms with E-state index in [1.807, 2.05) is 18.5 Å². The van der Waals surface area contributed by atoms with Gasteiger partial charge < -0.3 is 11.1 Å². The summed E-state index contributed by atoms with van der Waals surface area (Å²) in [5, 5.41) is 14.4. The normalized spacial score (nSPS) is 12.9. The van der Waals surface area contributed by atoms with Crippen LogP contribution in [0.25, 0.3) is 0 Å². The Morgan fingerprint density at radius 2 is 2.11 bits per heavy atom. The number of nitrogens with one attached hydrogen (secondary N) is 2. The van der Waals surface area contributed by atoms with Crippen molar-refractivity contribution in [2.45, 2.75) is 39.8 Å². The summed E-state index contributed by atoms with van der Waals surface area (Å²) in [7, 11) is 0. The van der Waals surface area contributed by atoms with Crippen LogP contribution in [0, 0.1) is 6.92 Å². The second-order valence-electron chi connectivity index (χ2n) is 4.62. The first-order valence-corrected chi connectivity index (χ1v) is 5.97. The van der Waals surface area contributed by atoms with E-state index in [2.05, 4.69) is 39.4 Å². The molecule has 7 heteroatoms. The average Bonchev–Trinajstić information content (AvgIpc) is 2.92. The van der Waals surface area contributed by atoms with E-state index in [0.29, 0.717) is 5.69 Å². The molecule has 7 nitrogen and oxygen atoms in total. The van der Waals surface area contributed by atoms with Crippen LogP contribution in [0.1, 0.15) is 44.4 Å². The number of hydrogen-bond donors (Lipinski definition) is 3. The van der Waals surface area contributed by atoms with E-state index >= 15 is 0 Å². The third-order valence-corrected chi connectivity index (χ3v) is 2.82. The number of rotatable bonds is 4. The summed E-state index contributed by atoms with van der Waals surface area (Å²) in [5.41, 5.74) is 7.56. The van der Waals surface area contributed by atoms with Gasteiger partial charge in [-0.05, 0) is 27.7 Å². The zero-order chi connectivity index (χ0) is 13.3. The number of aryl methyl sites for hydroxylation is 1. The molecule has 0 aromatic carbocycles. The monoisotopic (exact) mass is 249 g/mol. The maximum absolute atomic E-state index is 6.05. The van der Waals surface area contributed by atoms with Gasteiger partial charge in [-0.1, -0.05) is 0 Å². The molecule has 1 atom stereocenters. The van der Waals surface area contributed by atoms with E-state index in [1.54, 1.807) is 0 Å². The van der Waals surface area contributed by atoms with E-state index in [4.69, 9.17) is 5.73 Å². The lowest BCUT2D eigenvalue weighted by Crippen LogP contribution is -2.15. The molecule has 0 amide bonds. The molecule has 0 fully saturated rings. The molecule has 0 spiro atoms. The molecule has 0 saturated heterocycles. The highest BCUT2D eigenvalue weighted by Crippen LogP contribution is 2.28. The number of nitrogens with two attached hydrogens (primary N) is 1. The fourth-order valence-corrected chi connectivity index (χ4v) is 1.77. The third kappa shape index (κ3) is 2.15. The van der Waals surface area contributed by atoms with E-state index in [-0.39, 0.29) is 12.1 Å². The predicted molar refractivity (Wildman–Crippen MR) is 70.2 cm³/mol. The van der Waals surface area contributed by atoms with E-state index in [0.717, 1.165) is 17.3 Å². The Kier molecular flexibility index (Phi) is 3.22. The van der Waals surface area contributed by atoms with Crippen LogP contribution in [0.5, 0.6) is 0 Å². The van der Waals surface area contributed by atoms with Gasteiger partial charge >= 0.3 is 0 Å². The Labute approximate surface area is 106 Å². The largest absolute Gasteiger partial charge is 0.394 e. The van der Waals surface area contributed by atoms with Crippen molar-refractivity contribution in [2.75, 3.05) is 11.1 Å². The standard InChI is InChI=1S/C11H19N7/c1-6(2)18-11(9(12)7(3)17-18)15-8(4)10-13-5-14-16-10/h5-6,8,15H,12H2,1-4H3,(H,13,14,16). The second-order valence-corrected chi connectivity index (χ2v) is 4.62. The van der Waals surface area contributed by atoms with Crippen molar-refractivity contribution in [1.82, 2.24) is 25.0 Å². The summed E-state index contributed by atoms with van der Waals surface area (Å²) in [6.45, 7) is 8.03. The van der Waals surface area contributed by atoms with Gasteiger partial charge in [-0.25, -0.2) is 9.67 Å². The Morgan fingerprint density at radius 1 is 1.39 bits per heavy atom. The minimum atomic E-state index is -0.0107. The van der Waals surface area contributed by atoms with Crippen molar-refractivity contribution in [3.05, 3.63) is 17.8 Å². The zero-order valence-electron chi connectivity index (χ0n) is 11.1. The number of nitrogen functional groups attached to an aromatic ring is 1. The van der Waals surface area contributed by atoms with Gasteiger partial charge in [0.05, 0.1) is 17.4 Å². The van der Waals surface area contributed by atoms with Gasteiger partial charge in [0.1, 0.15) is 18.0 Å². The van der Waals surface area contributed by atoms with Crippen LogP contribution in [0.4, 0.5) is 11.5 Å². The predicted octanol–water partition coefficient (Wildman–Crippen LogP) is 1.65. The molecule has 0 radical (unpaired) electrons. The Balaban J connectivity index is 2.28. The number of H-pyrrole nitrogens is 1. The van der Waals surface area contributed by atoms with Crippen molar-refractivity contribution in [3.63, 3.8) is 0 Å². The summed E-state index contributed by atoms with van der Waals surface area (Å²) in [6.07, 6.45) is 1.49. The molecule has 2 rings (SSSR count). The number of aromatic nitrogens is 5. The highest BCUT2D eigenvalue weighted by atomic mass is 15.4. The number of anilines is 2. The lowest BCUT2D eigenvalue weighted by atomic mass is 10.3. The van der Waals surface area contributed by atoms with Crippen molar-refractivity contribution in [1.29, 1.82) is 0 Å². The molecule has 0 aliphatic rings. The topological polar surface area (TPSA) is 97.4 Å². The molecular formula is C11H19N7. The molecule has 2 heterocycles. The van der Waals surface area contributed by atoms with Crippen LogP contribution in [-0.2, 0) is 0 Å². The molecule has 0 bridgehead atoms. The van der Waals surface area contributed by atoms with Crippen molar-refractivity contribution in [3.8, 4) is 0 Å². The molecule has 0 aliphatic carbocycles. The summed E-state index contributed by atoms with van der Waals surface area (Å²) in [5.74, 6) is 1.59. The third-order valence-electron chi connectivity index (χ3n) is 2.82. The molecule has 98 valence electrons. The molecular weight excluding hydrogens is 230 g/mol. The molecule has 1 unspecified atom stereocenters. The maximum Gasteiger partial charge on any atom is 0.148 e. The first kappa shape index (κ1) is 12.4. The molecule has 2 aromatic heterocycles. The lowest BCUT2D eigenvalue weighted by Gasteiger charge is -2.17. The highest BCUT2D eigenvalue weighted by molar-refractivity contribution is 5.65. The minimum absolute atomic E-state index is 0.0107. The highest BCUT2D eigenvalue weighted by Gasteiger charge is 2.18. The Hall–Kier alpha value is -2.05. The molecule has 0 saturated carbocycles. The van der Waals surface area contributed by atoms with Crippen molar-refractivity contribution in [2.24, 2.45) is 0 Å². The second kappa shape index (κ2) is 4.67. The van der Waals surface area contributed by atoms with Crippen LogP contribution in [0.15, 0.2) is 6.33 Å². The van der Waals surface area contributed by atoms with Crippen LogP contribution in [0.2, 0.25) is 0 Å². The number of aromatic amines is 1. The maximum atomic E-state index is 6.05. The van der Waals surface area contributed by atoms with Gasteiger partial charge in [0, 0.05) is 6.04 Å². The Bertz CT molecular complexity index is 512. The summed E-state index contributed by atoms with van der Waals surface area (Å²) >= 11 is 0. The summed E-state index contributed by atoms with van der Waals surface area (Å²) < 4.78 is 1.89. The number of hydrogen-bond acceptors (Lipinski definition) is 5. The lowest BCUT2D eigenvalue weighted by molar-refractivity contribution is 0.531. The van der Waals surface area contributed by atoms with Crippen molar-refractivity contribution < 1.29 is 0 Å². The fraction of sp³-hybridized carbons (Fsp3) is 0.545. The van der Waals surface area contributed by atoms with Crippen LogP contribution in [0.3, 0.4) is 0 Å². The quantitative estimate of drug-likeness (QED) is 0.765. The average molecular weight is 249 g/mol.